The highest BCUT2D eigenvalue weighted by atomic mass is 16.5. The predicted octanol–water partition coefficient (Wildman–Crippen LogP) is -0.338. The van der Waals surface area contributed by atoms with E-state index in [0.29, 0.717) is 19.4 Å². The second-order valence-corrected chi connectivity index (χ2v) is 4.50. The Morgan fingerprint density at radius 2 is 2.21 bits per heavy atom. The molecular weight excluding hydrogens is 252 g/mol. The lowest BCUT2D eigenvalue weighted by Gasteiger charge is -2.13. The second-order valence-electron chi connectivity index (χ2n) is 4.50. The number of hydrogen-bond donors (Lipinski definition) is 1. The van der Waals surface area contributed by atoms with Crippen molar-refractivity contribution in [2.24, 2.45) is 0 Å². The van der Waals surface area contributed by atoms with E-state index in [1.807, 2.05) is 6.92 Å². The SMILES string of the molecule is CCn1ccc(=O)n(CC2CCC(C(=O)O)O2)c1=O. The van der Waals surface area contributed by atoms with Gasteiger partial charge in [-0.05, 0) is 19.8 Å². The van der Waals surface area contributed by atoms with Crippen molar-refractivity contribution in [2.75, 3.05) is 0 Å². The fraction of sp³-hybridized carbons (Fsp3) is 0.583. The molecule has 2 heterocycles. The maximum absolute atomic E-state index is 12.0. The van der Waals surface area contributed by atoms with Crippen molar-refractivity contribution in [3.8, 4) is 0 Å². The van der Waals surface area contributed by atoms with E-state index in [-0.39, 0.29) is 6.54 Å². The summed E-state index contributed by atoms with van der Waals surface area (Å²) in [6.45, 7) is 2.38. The molecule has 0 aromatic carbocycles. The predicted molar refractivity (Wildman–Crippen MR) is 66.2 cm³/mol. The first-order valence-corrected chi connectivity index (χ1v) is 6.21. The molecule has 1 aliphatic rings. The highest BCUT2D eigenvalue weighted by molar-refractivity contribution is 5.72. The number of aromatic nitrogens is 2. The van der Waals surface area contributed by atoms with E-state index < -0.39 is 29.4 Å². The van der Waals surface area contributed by atoms with Crippen LogP contribution in [0.15, 0.2) is 21.9 Å². The Morgan fingerprint density at radius 1 is 1.47 bits per heavy atom. The van der Waals surface area contributed by atoms with Gasteiger partial charge in [0, 0.05) is 18.8 Å². The van der Waals surface area contributed by atoms with Gasteiger partial charge >= 0.3 is 11.7 Å². The normalized spacial score (nSPS) is 22.6. The number of nitrogens with zero attached hydrogens (tertiary/aromatic N) is 2. The van der Waals surface area contributed by atoms with Gasteiger partial charge in [0.15, 0.2) is 6.10 Å². The van der Waals surface area contributed by atoms with Gasteiger partial charge in [0.1, 0.15) is 0 Å². The minimum Gasteiger partial charge on any atom is -0.479 e. The molecule has 0 radical (unpaired) electrons. The third kappa shape index (κ3) is 2.76. The molecule has 19 heavy (non-hydrogen) atoms. The Kier molecular flexibility index (Phi) is 3.84. The minimum absolute atomic E-state index is 0.0995. The van der Waals surface area contributed by atoms with Crippen molar-refractivity contribution in [3.05, 3.63) is 33.1 Å². The summed E-state index contributed by atoms with van der Waals surface area (Å²) in [7, 11) is 0. The van der Waals surface area contributed by atoms with Gasteiger partial charge in [0.05, 0.1) is 12.6 Å². The van der Waals surface area contributed by atoms with Crippen molar-refractivity contribution in [1.82, 2.24) is 9.13 Å². The van der Waals surface area contributed by atoms with E-state index >= 15 is 0 Å². The van der Waals surface area contributed by atoms with Crippen LogP contribution >= 0.6 is 0 Å². The van der Waals surface area contributed by atoms with Crippen molar-refractivity contribution >= 4 is 5.97 Å². The standard InChI is InChI=1S/C12H16N2O5/c1-2-13-6-5-10(15)14(12(13)18)7-8-3-4-9(19-8)11(16)17/h5-6,8-9H,2-4,7H2,1H3,(H,16,17). The molecule has 2 atom stereocenters. The van der Waals surface area contributed by atoms with Crippen LogP contribution in [0, 0.1) is 0 Å². The quantitative estimate of drug-likeness (QED) is 0.807. The summed E-state index contributed by atoms with van der Waals surface area (Å²) in [5.41, 5.74) is -0.783. The molecule has 1 aromatic rings. The summed E-state index contributed by atoms with van der Waals surface area (Å²) in [6, 6.07) is 1.33. The molecule has 0 saturated carbocycles. The molecule has 0 spiro atoms. The van der Waals surface area contributed by atoms with Crippen LogP contribution in [0.1, 0.15) is 19.8 Å². The number of carboxylic acids is 1. The maximum Gasteiger partial charge on any atom is 0.332 e. The largest absolute Gasteiger partial charge is 0.479 e. The molecule has 1 N–H and O–H groups in total. The van der Waals surface area contributed by atoms with Gasteiger partial charge in [0.2, 0.25) is 0 Å². The molecule has 1 aliphatic heterocycles. The topological polar surface area (TPSA) is 90.5 Å². The maximum atomic E-state index is 12.0. The molecule has 104 valence electrons. The van der Waals surface area contributed by atoms with Crippen LogP contribution < -0.4 is 11.2 Å². The van der Waals surface area contributed by atoms with Crippen LogP contribution in [0.3, 0.4) is 0 Å². The van der Waals surface area contributed by atoms with Crippen LogP contribution in [0.2, 0.25) is 0 Å². The number of aryl methyl sites for hydroxylation is 1. The average Bonchev–Trinajstić information content (AvgIpc) is 2.83. The van der Waals surface area contributed by atoms with Crippen LogP contribution in [-0.4, -0.2) is 32.4 Å². The zero-order valence-corrected chi connectivity index (χ0v) is 10.6. The monoisotopic (exact) mass is 268 g/mol. The highest BCUT2D eigenvalue weighted by Crippen LogP contribution is 2.20. The van der Waals surface area contributed by atoms with E-state index in [2.05, 4.69) is 0 Å². The highest BCUT2D eigenvalue weighted by Gasteiger charge is 2.31. The van der Waals surface area contributed by atoms with Gasteiger partial charge in [-0.15, -0.1) is 0 Å². The molecule has 1 aromatic heterocycles. The molecule has 7 nitrogen and oxygen atoms in total. The molecule has 2 unspecified atom stereocenters. The minimum atomic E-state index is -1.01. The summed E-state index contributed by atoms with van der Waals surface area (Å²) in [5, 5.41) is 8.83. The summed E-state index contributed by atoms with van der Waals surface area (Å²) < 4.78 is 7.82. The van der Waals surface area contributed by atoms with Gasteiger partial charge in [-0.3, -0.25) is 9.36 Å². The smallest absolute Gasteiger partial charge is 0.332 e. The van der Waals surface area contributed by atoms with Crippen LogP contribution in [-0.2, 0) is 22.6 Å². The number of carbonyl (C=O) groups is 1. The molecule has 1 saturated heterocycles. The lowest BCUT2D eigenvalue weighted by Crippen LogP contribution is -2.41. The number of rotatable bonds is 4. The van der Waals surface area contributed by atoms with Gasteiger partial charge in [0.25, 0.3) is 5.56 Å². The van der Waals surface area contributed by atoms with E-state index in [0.717, 1.165) is 4.57 Å². The van der Waals surface area contributed by atoms with Crippen molar-refractivity contribution in [3.63, 3.8) is 0 Å². The fourth-order valence-corrected chi connectivity index (χ4v) is 2.19. The van der Waals surface area contributed by atoms with E-state index in [4.69, 9.17) is 9.84 Å². The Balaban J connectivity index is 2.19. The van der Waals surface area contributed by atoms with Gasteiger partial charge < -0.3 is 14.4 Å². The first-order chi connectivity index (χ1) is 9.02. The number of ether oxygens (including phenoxy) is 1. The lowest BCUT2D eigenvalue weighted by atomic mass is 10.2. The van der Waals surface area contributed by atoms with Crippen LogP contribution in [0.4, 0.5) is 0 Å². The summed E-state index contributed by atoms with van der Waals surface area (Å²) in [6.07, 6.45) is 1.15. The molecular formula is C12H16N2O5. The lowest BCUT2D eigenvalue weighted by molar-refractivity contribution is -0.149. The first kappa shape index (κ1) is 13.5. The number of hydrogen-bond acceptors (Lipinski definition) is 4. The molecule has 0 amide bonds. The van der Waals surface area contributed by atoms with Crippen LogP contribution in [0.5, 0.6) is 0 Å². The van der Waals surface area contributed by atoms with Crippen molar-refractivity contribution in [1.29, 1.82) is 0 Å². The van der Waals surface area contributed by atoms with Gasteiger partial charge in [-0.25, -0.2) is 9.59 Å². The molecule has 1 fully saturated rings. The summed E-state index contributed by atoms with van der Waals surface area (Å²) in [5.74, 6) is -1.01. The van der Waals surface area contributed by atoms with Crippen molar-refractivity contribution < 1.29 is 14.6 Å². The Morgan fingerprint density at radius 3 is 2.79 bits per heavy atom. The molecule has 0 aliphatic carbocycles. The third-order valence-electron chi connectivity index (χ3n) is 3.25. The average molecular weight is 268 g/mol. The number of aliphatic carboxylic acids is 1. The van der Waals surface area contributed by atoms with E-state index in [1.54, 1.807) is 0 Å². The van der Waals surface area contributed by atoms with E-state index in [9.17, 15) is 14.4 Å². The zero-order chi connectivity index (χ0) is 14.0. The third-order valence-corrected chi connectivity index (χ3v) is 3.25. The summed E-state index contributed by atoms with van der Waals surface area (Å²) in [4.78, 5) is 34.4. The Bertz CT molecular complexity index is 589. The van der Waals surface area contributed by atoms with Gasteiger partial charge in [-0.2, -0.15) is 0 Å². The first-order valence-electron chi connectivity index (χ1n) is 6.21. The van der Waals surface area contributed by atoms with E-state index in [1.165, 1.54) is 16.8 Å². The second kappa shape index (κ2) is 5.40. The zero-order valence-electron chi connectivity index (χ0n) is 10.6. The van der Waals surface area contributed by atoms with Crippen LogP contribution in [0.25, 0.3) is 0 Å². The summed E-state index contributed by atoms with van der Waals surface area (Å²) >= 11 is 0. The van der Waals surface area contributed by atoms with Gasteiger partial charge in [-0.1, -0.05) is 0 Å². The number of carboxylic acid groups (broad SMARTS) is 1. The molecule has 2 rings (SSSR count). The van der Waals surface area contributed by atoms with Crippen molar-refractivity contribution in [2.45, 2.75) is 45.1 Å². The Labute approximate surface area is 109 Å². The fourth-order valence-electron chi connectivity index (χ4n) is 2.19. The Hall–Kier alpha value is -1.89. The molecule has 7 heteroatoms. The molecule has 0 bridgehead atoms.